The van der Waals surface area contributed by atoms with Crippen LogP contribution >= 0.6 is 0 Å². The fourth-order valence-electron chi connectivity index (χ4n) is 2.80. The Morgan fingerprint density at radius 2 is 2.42 bits per heavy atom. The van der Waals surface area contributed by atoms with E-state index in [4.69, 9.17) is 4.74 Å². The molecule has 0 spiro atoms. The topological polar surface area (TPSA) is 39.1 Å². The monoisotopic (exact) mass is 265 g/mol. The lowest BCUT2D eigenvalue weighted by Crippen LogP contribution is -2.29. The van der Waals surface area contributed by atoms with Crippen LogP contribution in [0.1, 0.15) is 44.0 Å². The first-order valence-corrected chi connectivity index (χ1v) is 7.53. The van der Waals surface area contributed by atoms with E-state index in [9.17, 15) is 0 Å². The van der Waals surface area contributed by atoms with Gasteiger partial charge in [0, 0.05) is 31.8 Å². The van der Waals surface area contributed by atoms with E-state index in [1.165, 1.54) is 37.1 Å². The third-order valence-electron chi connectivity index (χ3n) is 4.11. The third kappa shape index (κ3) is 4.05. The van der Waals surface area contributed by atoms with Crippen LogP contribution in [-0.4, -0.2) is 35.6 Å². The maximum absolute atomic E-state index is 5.70. The number of nitrogens with zero attached hydrogens (tertiary/aromatic N) is 2. The third-order valence-corrected chi connectivity index (χ3v) is 4.11. The molecule has 2 heterocycles. The normalized spacial score (nSPS) is 20.9. The van der Waals surface area contributed by atoms with E-state index in [1.54, 1.807) is 0 Å². The van der Waals surface area contributed by atoms with Crippen molar-refractivity contribution in [2.75, 3.05) is 13.7 Å². The van der Waals surface area contributed by atoms with Crippen LogP contribution < -0.4 is 5.32 Å². The summed E-state index contributed by atoms with van der Waals surface area (Å²) < 4.78 is 7.72. The molecule has 1 fully saturated rings. The van der Waals surface area contributed by atoms with Crippen molar-refractivity contribution < 1.29 is 4.74 Å². The molecule has 0 saturated carbocycles. The number of ether oxygens (including phenoxy) is 1. The molecule has 1 saturated heterocycles. The Morgan fingerprint density at radius 1 is 1.58 bits per heavy atom. The van der Waals surface area contributed by atoms with Crippen molar-refractivity contribution in [1.29, 1.82) is 0 Å². The Bertz CT molecular complexity index is 383. The zero-order valence-corrected chi connectivity index (χ0v) is 12.5. The highest BCUT2D eigenvalue weighted by Crippen LogP contribution is 2.19. The van der Waals surface area contributed by atoms with Gasteiger partial charge in [0.25, 0.3) is 0 Å². The summed E-state index contributed by atoms with van der Waals surface area (Å²) >= 11 is 0. The van der Waals surface area contributed by atoms with Crippen LogP contribution in [0.2, 0.25) is 0 Å². The number of aryl methyl sites for hydroxylation is 2. The molecule has 0 radical (unpaired) electrons. The molecule has 2 unspecified atom stereocenters. The van der Waals surface area contributed by atoms with Crippen molar-refractivity contribution in [3.8, 4) is 0 Å². The summed E-state index contributed by atoms with van der Waals surface area (Å²) in [6, 6.07) is 2.75. The van der Waals surface area contributed by atoms with E-state index >= 15 is 0 Å². The largest absolute Gasteiger partial charge is 0.378 e. The predicted molar refractivity (Wildman–Crippen MR) is 77.3 cm³/mol. The molecule has 0 bridgehead atoms. The number of rotatable bonds is 7. The van der Waals surface area contributed by atoms with Crippen molar-refractivity contribution in [2.24, 2.45) is 7.05 Å². The molecule has 0 amide bonds. The first kappa shape index (κ1) is 14.5. The first-order chi connectivity index (χ1) is 9.22. The quantitative estimate of drug-likeness (QED) is 0.820. The van der Waals surface area contributed by atoms with Crippen molar-refractivity contribution in [3.05, 3.63) is 17.5 Å². The van der Waals surface area contributed by atoms with Crippen LogP contribution in [-0.2, 0) is 24.6 Å². The van der Waals surface area contributed by atoms with Crippen LogP contribution in [0, 0.1) is 0 Å². The fraction of sp³-hybridized carbons (Fsp3) is 0.800. The number of hydrogen-bond acceptors (Lipinski definition) is 3. The molecule has 4 nitrogen and oxygen atoms in total. The van der Waals surface area contributed by atoms with Gasteiger partial charge in [-0.1, -0.05) is 6.92 Å². The molecule has 2 rings (SSSR count). The lowest BCUT2D eigenvalue weighted by Gasteiger charge is -2.18. The lowest BCUT2D eigenvalue weighted by molar-refractivity contribution is 0.0997. The molecule has 1 N–H and O–H groups in total. The Hall–Kier alpha value is -0.870. The predicted octanol–water partition coefficient (Wildman–Crippen LogP) is 2.07. The van der Waals surface area contributed by atoms with Crippen molar-refractivity contribution in [3.63, 3.8) is 0 Å². The van der Waals surface area contributed by atoms with Gasteiger partial charge in [-0.05, 0) is 45.2 Å². The van der Waals surface area contributed by atoms with Gasteiger partial charge in [0.2, 0.25) is 0 Å². The van der Waals surface area contributed by atoms with E-state index in [-0.39, 0.29) is 0 Å². The van der Waals surface area contributed by atoms with Crippen LogP contribution in [0.25, 0.3) is 0 Å². The molecule has 1 aliphatic rings. The van der Waals surface area contributed by atoms with Gasteiger partial charge < -0.3 is 10.1 Å². The molecule has 4 heteroatoms. The van der Waals surface area contributed by atoms with Crippen LogP contribution in [0.15, 0.2) is 6.07 Å². The van der Waals surface area contributed by atoms with Gasteiger partial charge in [-0.3, -0.25) is 4.68 Å². The van der Waals surface area contributed by atoms with Crippen molar-refractivity contribution in [2.45, 2.75) is 57.6 Å². The van der Waals surface area contributed by atoms with Gasteiger partial charge in [0.1, 0.15) is 0 Å². The summed E-state index contributed by atoms with van der Waals surface area (Å²) in [6.07, 6.45) is 7.37. The van der Waals surface area contributed by atoms with Gasteiger partial charge in [0.15, 0.2) is 0 Å². The van der Waals surface area contributed by atoms with E-state index in [1.807, 2.05) is 11.7 Å². The lowest BCUT2D eigenvalue weighted by atomic mass is 10.0. The average molecular weight is 265 g/mol. The molecule has 0 aliphatic carbocycles. The maximum Gasteiger partial charge on any atom is 0.0624 e. The molecular formula is C15H27N3O. The van der Waals surface area contributed by atoms with Gasteiger partial charge in [-0.25, -0.2) is 0 Å². The minimum atomic E-state index is 0.494. The summed E-state index contributed by atoms with van der Waals surface area (Å²) in [5.74, 6) is 0. The van der Waals surface area contributed by atoms with Crippen LogP contribution in [0.3, 0.4) is 0 Å². The highest BCUT2D eigenvalue weighted by molar-refractivity contribution is 5.11. The highest BCUT2D eigenvalue weighted by atomic mass is 16.5. The summed E-state index contributed by atoms with van der Waals surface area (Å²) in [5, 5.41) is 7.95. The molecule has 1 aliphatic heterocycles. The standard InChI is InChI=1S/C15H27N3O/c1-4-12-10-14(18(3)17-12)11-13(16-2)7-8-15-6-5-9-19-15/h10,13,15-16H,4-9,11H2,1-3H3. The van der Waals surface area contributed by atoms with E-state index in [0.29, 0.717) is 12.1 Å². The van der Waals surface area contributed by atoms with Gasteiger partial charge in [-0.15, -0.1) is 0 Å². The Balaban J connectivity index is 1.84. The molecular weight excluding hydrogens is 238 g/mol. The zero-order valence-electron chi connectivity index (χ0n) is 12.5. The summed E-state index contributed by atoms with van der Waals surface area (Å²) in [7, 11) is 4.10. The minimum absolute atomic E-state index is 0.494. The van der Waals surface area contributed by atoms with Crippen LogP contribution in [0.4, 0.5) is 0 Å². The SMILES string of the molecule is CCc1cc(CC(CCC2CCCO2)NC)n(C)n1. The molecule has 2 atom stereocenters. The summed E-state index contributed by atoms with van der Waals surface area (Å²) in [5.41, 5.74) is 2.51. The smallest absolute Gasteiger partial charge is 0.0624 e. The minimum Gasteiger partial charge on any atom is -0.378 e. The molecule has 1 aromatic heterocycles. The summed E-state index contributed by atoms with van der Waals surface area (Å²) in [6.45, 7) is 3.11. The second-order valence-electron chi connectivity index (χ2n) is 5.51. The van der Waals surface area contributed by atoms with E-state index < -0.39 is 0 Å². The maximum atomic E-state index is 5.70. The number of aromatic nitrogens is 2. The molecule has 0 aromatic carbocycles. The van der Waals surface area contributed by atoms with Crippen molar-refractivity contribution in [1.82, 2.24) is 15.1 Å². The number of likely N-dealkylation sites (N-methyl/N-ethyl adjacent to an activating group) is 1. The van der Waals surface area contributed by atoms with Gasteiger partial charge >= 0.3 is 0 Å². The molecule has 1 aromatic rings. The fourth-order valence-corrected chi connectivity index (χ4v) is 2.80. The Labute approximate surface area is 116 Å². The number of hydrogen-bond donors (Lipinski definition) is 1. The zero-order chi connectivity index (χ0) is 13.7. The highest BCUT2D eigenvalue weighted by Gasteiger charge is 2.18. The van der Waals surface area contributed by atoms with Crippen molar-refractivity contribution >= 4 is 0 Å². The first-order valence-electron chi connectivity index (χ1n) is 7.53. The molecule has 108 valence electrons. The van der Waals surface area contributed by atoms with E-state index in [0.717, 1.165) is 19.4 Å². The second kappa shape index (κ2) is 7.06. The molecule has 19 heavy (non-hydrogen) atoms. The summed E-state index contributed by atoms with van der Waals surface area (Å²) in [4.78, 5) is 0. The van der Waals surface area contributed by atoms with Crippen LogP contribution in [0.5, 0.6) is 0 Å². The van der Waals surface area contributed by atoms with Gasteiger partial charge in [-0.2, -0.15) is 5.10 Å². The number of nitrogens with one attached hydrogen (secondary N) is 1. The average Bonchev–Trinajstić information content (AvgIpc) is 3.04. The Morgan fingerprint density at radius 3 is 3.00 bits per heavy atom. The second-order valence-corrected chi connectivity index (χ2v) is 5.51. The Kier molecular flexibility index (Phi) is 5.40. The van der Waals surface area contributed by atoms with Gasteiger partial charge in [0.05, 0.1) is 11.8 Å². The van der Waals surface area contributed by atoms with E-state index in [2.05, 4.69) is 30.5 Å².